The van der Waals surface area contributed by atoms with Crippen LogP contribution in [0.3, 0.4) is 0 Å². The van der Waals surface area contributed by atoms with Crippen molar-refractivity contribution in [1.29, 1.82) is 0 Å². The summed E-state index contributed by atoms with van der Waals surface area (Å²) >= 11 is 0. The number of furan rings is 1. The first-order valence-corrected chi connectivity index (χ1v) is 9.55. The maximum absolute atomic E-state index is 12.2. The monoisotopic (exact) mass is 369 g/mol. The molecule has 144 valence electrons. The minimum Gasteiger partial charge on any atom is -0.465 e. The molecule has 1 saturated heterocycles. The molecule has 3 aromatic rings. The Bertz CT molecular complexity index is 992. The van der Waals surface area contributed by atoms with Gasteiger partial charge in [-0.2, -0.15) is 0 Å². The van der Waals surface area contributed by atoms with Crippen LogP contribution in [-0.2, 0) is 31.9 Å². The molecule has 0 bridgehead atoms. The van der Waals surface area contributed by atoms with E-state index in [4.69, 9.17) is 9.15 Å². The second kappa shape index (κ2) is 7.37. The van der Waals surface area contributed by atoms with Crippen LogP contribution in [0.25, 0.3) is 11.0 Å². The van der Waals surface area contributed by atoms with Gasteiger partial charge in [-0.15, -0.1) is 0 Å². The Morgan fingerprint density at radius 3 is 2.63 bits per heavy atom. The molecule has 6 nitrogen and oxygen atoms in total. The Kier molecular flexibility index (Phi) is 4.93. The van der Waals surface area contributed by atoms with E-state index in [1.807, 2.05) is 39.2 Å². The fourth-order valence-electron chi connectivity index (χ4n) is 3.96. The molecule has 3 heterocycles. The molecule has 1 fully saturated rings. The largest absolute Gasteiger partial charge is 0.465 e. The van der Waals surface area contributed by atoms with Crippen molar-refractivity contribution in [3.8, 4) is 0 Å². The molecule has 1 aliphatic rings. The number of aromatic nitrogens is 2. The highest BCUT2D eigenvalue weighted by Gasteiger charge is 2.21. The molecule has 1 atom stereocenters. The van der Waals surface area contributed by atoms with E-state index in [9.17, 15) is 4.79 Å². The predicted octanol–water partition coefficient (Wildman–Crippen LogP) is 2.96. The minimum absolute atomic E-state index is 0.00409. The number of benzene rings is 1. The van der Waals surface area contributed by atoms with Crippen LogP contribution < -0.4 is 5.69 Å². The van der Waals surface area contributed by atoms with Crippen molar-refractivity contribution in [3.05, 3.63) is 57.9 Å². The average Bonchev–Trinajstić information content (AvgIpc) is 3.35. The van der Waals surface area contributed by atoms with Crippen molar-refractivity contribution >= 4 is 11.0 Å². The molecular formula is C21H27N3O3. The normalized spacial score (nSPS) is 17.4. The maximum atomic E-state index is 12.2. The molecule has 6 heteroatoms. The lowest BCUT2D eigenvalue weighted by Gasteiger charge is -2.24. The van der Waals surface area contributed by atoms with Crippen molar-refractivity contribution in [2.24, 2.45) is 14.1 Å². The summed E-state index contributed by atoms with van der Waals surface area (Å²) in [6.07, 6.45) is 2.53. The van der Waals surface area contributed by atoms with Crippen LogP contribution in [0.15, 0.2) is 39.5 Å². The van der Waals surface area contributed by atoms with Gasteiger partial charge in [0.25, 0.3) is 0 Å². The van der Waals surface area contributed by atoms with Gasteiger partial charge in [-0.05, 0) is 49.6 Å². The number of fused-ring (bicyclic) bond motifs is 1. The third-order valence-corrected chi connectivity index (χ3v) is 5.40. The zero-order chi connectivity index (χ0) is 19.0. The summed E-state index contributed by atoms with van der Waals surface area (Å²) in [4.78, 5) is 14.6. The highest BCUT2D eigenvalue weighted by molar-refractivity contribution is 5.76. The van der Waals surface area contributed by atoms with Crippen LogP contribution in [0.1, 0.15) is 29.9 Å². The first kappa shape index (κ1) is 18.1. The summed E-state index contributed by atoms with van der Waals surface area (Å²) in [5, 5.41) is 0. The van der Waals surface area contributed by atoms with Crippen LogP contribution in [0.5, 0.6) is 0 Å². The van der Waals surface area contributed by atoms with E-state index in [0.717, 1.165) is 61.6 Å². The van der Waals surface area contributed by atoms with Gasteiger partial charge in [-0.25, -0.2) is 4.79 Å². The summed E-state index contributed by atoms with van der Waals surface area (Å²) in [6, 6.07) is 10.3. The molecule has 0 N–H and O–H groups in total. The second-order valence-electron chi connectivity index (χ2n) is 7.54. The van der Waals surface area contributed by atoms with E-state index in [0.29, 0.717) is 0 Å². The number of ether oxygens (including phenoxy) is 1. The molecule has 1 aromatic carbocycles. The highest BCUT2D eigenvalue weighted by Crippen LogP contribution is 2.20. The molecular weight excluding hydrogens is 342 g/mol. The smallest absolute Gasteiger partial charge is 0.328 e. The van der Waals surface area contributed by atoms with Gasteiger partial charge >= 0.3 is 5.69 Å². The second-order valence-corrected chi connectivity index (χ2v) is 7.54. The molecule has 0 saturated carbocycles. The molecule has 27 heavy (non-hydrogen) atoms. The lowest BCUT2D eigenvalue weighted by molar-refractivity contribution is 0.0654. The molecule has 0 amide bonds. The van der Waals surface area contributed by atoms with E-state index >= 15 is 0 Å². The Hall–Kier alpha value is -2.31. The van der Waals surface area contributed by atoms with E-state index < -0.39 is 0 Å². The van der Waals surface area contributed by atoms with Crippen molar-refractivity contribution in [3.63, 3.8) is 0 Å². The lowest BCUT2D eigenvalue weighted by Crippen LogP contribution is -2.31. The summed E-state index contributed by atoms with van der Waals surface area (Å²) in [6.45, 7) is 5.25. The first-order valence-electron chi connectivity index (χ1n) is 9.55. The summed E-state index contributed by atoms with van der Waals surface area (Å²) in [5.74, 6) is 1.90. The topological polar surface area (TPSA) is 52.5 Å². The lowest BCUT2D eigenvalue weighted by atomic mass is 10.1. The third kappa shape index (κ3) is 3.73. The Balaban J connectivity index is 1.58. The summed E-state index contributed by atoms with van der Waals surface area (Å²) in [5.41, 5.74) is 3.11. The quantitative estimate of drug-likeness (QED) is 0.670. The van der Waals surface area contributed by atoms with E-state index in [1.165, 1.54) is 5.56 Å². The van der Waals surface area contributed by atoms with Gasteiger partial charge in [0.1, 0.15) is 11.5 Å². The van der Waals surface area contributed by atoms with Crippen molar-refractivity contribution in [2.45, 2.75) is 39.0 Å². The SMILES string of the molecule is Cc1ccc(CN(Cc2ccc3c(c2)n(C)c(=O)n3C)C[C@@H]2CCCO2)o1. The Morgan fingerprint density at radius 2 is 1.93 bits per heavy atom. The van der Waals surface area contributed by atoms with Crippen molar-refractivity contribution in [2.75, 3.05) is 13.2 Å². The Labute approximate surface area is 158 Å². The Morgan fingerprint density at radius 1 is 1.11 bits per heavy atom. The van der Waals surface area contributed by atoms with Gasteiger partial charge < -0.3 is 9.15 Å². The third-order valence-electron chi connectivity index (χ3n) is 5.40. The zero-order valence-corrected chi connectivity index (χ0v) is 16.3. The molecule has 2 aromatic heterocycles. The summed E-state index contributed by atoms with van der Waals surface area (Å²) in [7, 11) is 3.64. The number of aryl methyl sites for hydroxylation is 3. The number of hydrogen-bond donors (Lipinski definition) is 0. The molecule has 0 unspecified atom stereocenters. The molecule has 0 radical (unpaired) electrons. The highest BCUT2D eigenvalue weighted by atomic mass is 16.5. The molecule has 0 spiro atoms. The first-order chi connectivity index (χ1) is 13.0. The van der Waals surface area contributed by atoms with Crippen LogP contribution in [0.2, 0.25) is 0 Å². The fraction of sp³-hybridized carbons (Fsp3) is 0.476. The number of nitrogens with zero attached hydrogens (tertiary/aromatic N) is 3. The average molecular weight is 369 g/mol. The van der Waals surface area contributed by atoms with Gasteiger partial charge in [0.15, 0.2) is 0 Å². The van der Waals surface area contributed by atoms with Gasteiger partial charge in [0, 0.05) is 33.8 Å². The maximum Gasteiger partial charge on any atom is 0.328 e. The predicted molar refractivity (Wildman–Crippen MR) is 105 cm³/mol. The van der Waals surface area contributed by atoms with Gasteiger partial charge in [-0.1, -0.05) is 6.07 Å². The van der Waals surface area contributed by atoms with Gasteiger partial charge in [-0.3, -0.25) is 14.0 Å². The van der Waals surface area contributed by atoms with E-state index in [1.54, 1.807) is 9.13 Å². The van der Waals surface area contributed by atoms with Crippen LogP contribution in [0.4, 0.5) is 0 Å². The van der Waals surface area contributed by atoms with Crippen LogP contribution in [0, 0.1) is 6.92 Å². The number of imidazole rings is 1. The van der Waals surface area contributed by atoms with Crippen LogP contribution in [-0.4, -0.2) is 33.3 Å². The standard InChI is InChI=1S/C21H27N3O3/c1-15-6-8-18(27-15)14-24(13-17-5-4-10-26-17)12-16-7-9-19-20(11-16)23(3)21(25)22(19)2/h6-9,11,17H,4-5,10,12-14H2,1-3H3/t17-/m0/s1. The number of hydrogen-bond acceptors (Lipinski definition) is 4. The van der Waals surface area contributed by atoms with Crippen molar-refractivity contribution in [1.82, 2.24) is 14.0 Å². The molecule has 0 aliphatic carbocycles. The van der Waals surface area contributed by atoms with Crippen molar-refractivity contribution < 1.29 is 9.15 Å². The van der Waals surface area contributed by atoms with Gasteiger partial charge in [0.2, 0.25) is 0 Å². The molecule has 4 rings (SSSR count). The minimum atomic E-state index is 0.00409. The fourth-order valence-corrected chi connectivity index (χ4v) is 3.96. The summed E-state index contributed by atoms with van der Waals surface area (Å²) < 4.78 is 15.0. The van der Waals surface area contributed by atoms with E-state index in [2.05, 4.69) is 17.0 Å². The zero-order valence-electron chi connectivity index (χ0n) is 16.3. The molecule has 1 aliphatic heterocycles. The van der Waals surface area contributed by atoms with Crippen LogP contribution >= 0.6 is 0 Å². The van der Waals surface area contributed by atoms with Gasteiger partial charge in [0.05, 0.1) is 23.7 Å². The number of rotatable bonds is 6. The van der Waals surface area contributed by atoms with E-state index in [-0.39, 0.29) is 11.8 Å².